The third-order valence-corrected chi connectivity index (χ3v) is 1.90. The number of aliphatic hydroxyl groups is 1. The number of hydrogen-bond acceptors (Lipinski definition) is 5. The minimum atomic E-state index is -0.623. The Labute approximate surface area is 80.5 Å². The lowest BCUT2D eigenvalue weighted by Crippen LogP contribution is -2.15. The van der Waals surface area contributed by atoms with Crippen LogP contribution in [0.25, 0.3) is 0 Å². The highest BCUT2D eigenvalue weighted by atomic mass is 16.6. The van der Waals surface area contributed by atoms with Gasteiger partial charge in [-0.25, -0.2) is 0 Å². The summed E-state index contributed by atoms with van der Waals surface area (Å²) in [6.45, 7) is 1.29. The van der Waals surface area contributed by atoms with Crippen molar-refractivity contribution in [2.45, 2.75) is 13.0 Å². The molecule has 0 amide bonds. The number of aromatic nitrogens is 1. The van der Waals surface area contributed by atoms with Gasteiger partial charge in [0.05, 0.1) is 17.6 Å². The van der Waals surface area contributed by atoms with Crippen molar-refractivity contribution >= 4 is 5.69 Å². The van der Waals surface area contributed by atoms with Crippen molar-refractivity contribution in [3.8, 4) is 0 Å². The van der Waals surface area contributed by atoms with Crippen LogP contribution in [0.2, 0.25) is 0 Å². The zero-order valence-electron chi connectivity index (χ0n) is 7.67. The molecule has 0 aliphatic carbocycles. The molecule has 0 unspecified atom stereocenters. The minimum Gasteiger partial charge on any atom is -0.394 e. The van der Waals surface area contributed by atoms with Gasteiger partial charge in [0.2, 0.25) is 0 Å². The molecule has 76 valence electrons. The lowest BCUT2D eigenvalue weighted by Gasteiger charge is -2.07. The predicted octanol–water partition coefficient (Wildman–Crippen LogP) is 0.290. The van der Waals surface area contributed by atoms with E-state index in [1.807, 2.05) is 0 Å². The summed E-state index contributed by atoms with van der Waals surface area (Å²) in [6.07, 6.45) is 1.43. The Hall–Kier alpha value is -1.53. The Kier molecular flexibility index (Phi) is 3.10. The van der Waals surface area contributed by atoms with Crippen LogP contribution in [0.3, 0.4) is 0 Å². The Balaban J connectivity index is 3.12. The van der Waals surface area contributed by atoms with Gasteiger partial charge < -0.3 is 10.8 Å². The van der Waals surface area contributed by atoms with E-state index in [9.17, 15) is 10.1 Å². The van der Waals surface area contributed by atoms with E-state index in [1.165, 1.54) is 12.3 Å². The van der Waals surface area contributed by atoms with Crippen LogP contribution in [0.1, 0.15) is 17.3 Å². The number of pyridine rings is 1. The van der Waals surface area contributed by atoms with E-state index in [0.717, 1.165) is 0 Å². The predicted molar refractivity (Wildman–Crippen MR) is 49.6 cm³/mol. The molecule has 0 aliphatic rings. The molecule has 14 heavy (non-hydrogen) atoms. The highest BCUT2D eigenvalue weighted by Crippen LogP contribution is 2.19. The van der Waals surface area contributed by atoms with Gasteiger partial charge in [-0.15, -0.1) is 0 Å². The van der Waals surface area contributed by atoms with E-state index in [1.54, 1.807) is 6.92 Å². The second-order valence-electron chi connectivity index (χ2n) is 2.92. The molecule has 1 aromatic rings. The smallest absolute Gasteiger partial charge is 0.290 e. The Morgan fingerprint density at radius 3 is 2.93 bits per heavy atom. The Morgan fingerprint density at radius 2 is 2.43 bits per heavy atom. The number of aryl methyl sites for hydroxylation is 1. The van der Waals surface area contributed by atoms with Crippen LogP contribution in [-0.4, -0.2) is 21.6 Å². The number of nitrogens with zero attached hydrogens (tertiary/aromatic N) is 2. The fourth-order valence-corrected chi connectivity index (χ4v) is 1.03. The maximum absolute atomic E-state index is 10.5. The third-order valence-electron chi connectivity index (χ3n) is 1.90. The van der Waals surface area contributed by atoms with E-state index in [2.05, 4.69) is 4.98 Å². The van der Waals surface area contributed by atoms with E-state index in [0.29, 0.717) is 11.3 Å². The fraction of sp³-hybridized carbons (Fsp3) is 0.375. The number of nitrogens with two attached hydrogens (primary N) is 1. The molecular formula is C8H11N3O3. The van der Waals surface area contributed by atoms with Crippen molar-refractivity contribution in [2.24, 2.45) is 5.73 Å². The molecule has 6 nitrogen and oxygen atoms in total. The molecule has 1 aromatic heterocycles. The highest BCUT2D eigenvalue weighted by molar-refractivity contribution is 5.38. The van der Waals surface area contributed by atoms with Crippen LogP contribution >= 0.6 is 0 Å². The number of nitro groups is 1. The van der Waals surface area contributed by atoms with Crippen LogP contribution in [0.4, 0.5) is 5.69 Å². The first-order valence-electron chi connectivity index (χ1n) is 4.03. The maximum atomic E-state index is 10.5. The maximum Gasteiger partial charge on any atom is 0.290 e. The second-order valence-corrected chi connectivity index (χ2v) is 2.92. The summed E-state index contributed by atoms with van der Waals surface area (Å²) in [5.74, 6) is 0. The Morgan fingerprint density at radius 1 is 1.79 bits per heavy atom. The van der Waals surface area contributed by atoms with Gasteiger partial charge in [-0.1, -0.05) is 0 Å². The van der Waals surface area contributed by atoms with Gasteiger partial charge in [-0.3, -0.25) is 15.1 Å². The van der Waals surface area contributed by atoms with Gasteiger partial charge in [0, 0.05) is 12.3 Å². The van der Waals surface area contributed by atoms with Crippen LogP contribution in [0.5, 0.6) is 0 Å². The molecule has 0 saturated heterocycles. The molecule has 0 bridgehead atoms. The lowest BCUT2D eigenvalue weighted by molar-refractivity contribution is -0.385. The van der Waals surface area contributed by atoms with Crippen molar-refractivity contribution in [1.29, 1.82) is 0 Å². The standard InChI is InChI=1S/C8H11N3O3/c1-5-8(11(13)14)2-6(3-10-5)7(9)4-12/h2-3,7,12H,4,9H2,1H3/t7-/m0/s1. The first-order valence-corrected chi connectivity index (χ1v) is 4.03. The zero-order valence-corrected chi connectivity index (χ0v) is 7.67. The fourth-order valence-electron chi connectivity index (χ4n) is 1.03. The summed E-state index contributed by atoms with van der Waals surface area (Å²) in [5, 5.41) is 19.3. The first kappa shape index (κ1) is 10.6. The Bertz CT molecular complexity index is 354. The number of hydrogen-bond donors (Lipinski definition) is 2. The van der Waals surface area contributed by atoms with Crippen molar-refractivity contribution in [2.75, 3.05) is 6.61 Å². The average molecular weight is 197 g/mol. The highest BCUT2D eigenvalue weighted by Gasteiger charge is 2.15. The molecule has 0 fully saturated rings. The van der Waals surface area contributed by atoms with E-state index in [4.69, 9.17) is 10.8 Å². The summed E-state index contributed by atoms with van der Waals surface area (Å²) in [4.78, 5) is 13.9. The molecule has 1 atom stereocenters. The summed E-state index contributed by atoms with van der Waals surface area (Å²) in [7, 11) is 0. The molecular weight excluding hydrogens is 186 g/mol. The first-order chi connectivity index (χ1) is 6.56. The quantitative estimate of drug-likeness (QED) is 0.535. The van der Waals surface area contributed by atoms with Crippen molar-refractivity contribution in [1.82, 2.24) is 4.98 Å². The van der Waals surface area contributed by atoms with Gasteiger partial charge in [-0.05, 0) is 12.5 Å². The molecule has 1 heterocycles. The van der Waals surface area contributed by atoms with E-state index >= 15 is 0 Å². The molecule has 0 radical (unpaired) electrons. The van der Waals surface area contributed by atoms with E-state index < -0.39 is 11.0 Å². The van der Waals surface area contributed by atoms with Gasteiger partial charge in [0.15, 0.2) is 0 Å². The topological polar surface area (TPSA) is 102 Å². The van der Waals surface area contributed by atoms with Crippen LogP contribution in [0.15, 0.2) is 12.3 Å². The van der Waals surface area contributed by atoms with Gasteiger partial charge in [0.1, 0.15) is 5.69 Å². The molecule has 1 rings (SSSR count). The summed E-state index contributed by atoms with van der Waals surface area (Å²) in [6, 6.07) is 0.713. The van der Waals surface area contributed by atoms with E-state index in [-0.39, 0.29) is 12.3 Å². The zero-order chi connectivity index (χ0) is 10.7. The van der Waals surface area contributed by atoms with Gasteiger partial charge >= 0.3 is 0 Å². The monoisotopic (exact) mass is 197 g/mol. The largest absolute Gasteiger partial charge is 0.394 e. The lowest BCUT2D eigenvalue weighted by atomic mass is 10.1. The van der Waals surface area contributed by atoms with Crippen molar-refractivity contribution in [3.05, 3.63) is 33.6 Å². The average Bonchev–Trinajstić information content (AvgIpc) is 2.17. The molecule has 0 aromatic carbocycles. The summed E-state index contributed by atoms with van der Waals surface area (Å²) < 4.78 is 0. The summed E-state index contributed by atoms with van der Waals surface area (Å²) >= 11 is 0. The molecule has 0 aliphatic heterocycles. The summed E-state index contributed by atoms with van der Waals surface area (Å²) in [5.41, 5.74) is 6.22. The van der Waals surface area contributed by atoms with Crippen molar-refractivity contribution < 1.29 is 10.0 Å². The van der Waals surface area contributed by atoms with Crippen LogP contribution in [-0.2, 0) is 0 Å². The van der Waals surface area contributed by atoms with Crippen LogP contribution < -0.4 is 5.73 Å². The molecule has 0 spiro atoms. The number of aliphatic hydroxyl groups excluding tert-OH is 1. The SMILES string of the molecule is Cc1ncc([C@@H](N)CO)cc1[N+](=O)[O-]. The van der Waals surface area contributed by atoms with Crippen LogP contribution in [0, 0.1) is 17.0 Å². The normalized spacial score (nSPS) is 12.5. The van der Waals surface area contributed by atoms with Gasteiger partial charge in [-0.2, -0.15) is 0 Å². The molecule has 0 saturated carbocycles. The molecule has 3 N–H and O–H groups in total. The van der Waals surface area contributed by atoms with Gasteiger partial charge in [0.25, 0.3) is 5.69 Å². The molecule has 6 heteroatoms. The van der Waals surface area contributed by atoms with Crippen molar-refractivity contribution in [3.63, 3.8) is 0 Å². The number of rotatable bonds is 3. The minimum absolute atomic E-state index is 0.0774. The second kappa shape index (κ2) is 4.12. The third kappa shape index (κ3) is 2.04.